The fourth-order valence-electron chi connectivity index (χ4n) is 2.29. The van der Waals surface area contributed by atoms with Gasteiger partial charge in [-0.25, -0.2) is 0 Å². The molecule has 1 amide bonds. The predicted octanol–water partition coefficient (Wildman–Crippen LogP) is 3.64. The van der Waals surface area contributed by atoms with E-state index >= 15 is 0 Å². The second kappa shape index (κ2) is 5.44. The topological polar surface area (TPSA) is 32.3 Å². The van der Waals surface area contributed by atoms with Crippen molar-refractivity contribution in [1.29, 1.82) is 0 Å². The lowest BCUT2D eigenvalue weighted by Crippen LogP contribution is -2.33. The largest absolute Gasteiger partial charge is 0.376 e. The van der Waals surface area contributed by atoms with Crippen LogP contribution in [0, 0.1) is 0 Å². The molecule has 1 aliphatic carbocycles. The van der Waals surface area contributed by atoms with Crippen LogP contribution in [-0.2, 0) is 4.79 Å². The number of anilines is 1. The minimum Gasteiger partial charge on any atom is -0.376 e. The summed E-state index contributed by atoms with van der Waals surface area (Å²) in [6, 6.07) is 12.8. The second-order valence-electron chi connectivity index (χ2n) is 5.30. The highest BCUT2D eigenvalue weighted by Gasteiger charge is 2.29. The maximum atomic E-state index is 12.0. The molecule has 0 radical (unpaired) electrons. The van der Waals surface area contributed by atoms with Gasteiger partial charge in [0.05, 0.1) is 6.54 Å². The number of fused-ring (bicyclic) bond motifs is 1. The fraction of sp³-hybridized carbons (Fsp3) is 0.312. The molecule has 20 heavy (non-hydrogen) atoms. The molecular weight excluding hydrogens is 316 g/mol. The van der Waals surface area contributed by atoms with Crippen LogP contribution in [0.25, 0.3) is 10.8 Å². The molecule has 0 aliphatic heterocycles. The number of carbonyl (C=O) groups excluding carboxylic acids is 1. The SMILES string of the molecule is CN(C(=O)CNc1ccc2cc(Br)ccc2c1)C1CC1. The van der Waals surface area contributed by atoms with E-state index in [9.17, 15) is 4.79 Å². The Bertz CT molecular complexity index is 652. The van der Waals surface area contributed by atoms with Crippen LogP contribution in [0.15, 0.2) is 40.9 Å². The van der Waals surface area contributed by atoms with Gasteiger partial charge in [0.1, 0.15) is 0 Å². The summed E-state index contributed by atoms with van der Waals surface area (Å²) < 4.78 is 1.08. The molecule has 0 atom stereocenters. The lowest BCUT2D eigenvalue weighted by atomic mass is 10.1. The van der Waals surface area contributed by atoms with Crippen molar-refractivity contribution in [2.24, 2.45) is 0 Å². The Kier molecular flexibility index (Phi) is 3.66. The summed E-state index contributed by atoms with van der Waals surface area (Å²) in [4.78, 5) is 13.8. The minimum absolute atomic E-state index is 0.156. The molecule has 0 unspecified atom stereocenters. The van der Waals surface area contributed by atoms with Gasteiger partial charge in [-0.15, -0.1) is 0 Å². The molecule has 1 aliphatic rings. The number of nitrogens with one attached hydrogen (secondary N) is 1. The molecule has 1 fully saturated rings. The van der Waals surface area contributed by atoms with Gasteiger partial charge in [0, 0.05) is 23.2 Å². The van der Waals surface area contributed by atoms with Gasteiger partial charge < -0.3 is 10.2 Å². The summed E-state index contributed by atoms with van der Waals surface area (Å²) >= 11 is 3.47. The fourth-order valence-corrected chi connectivity index (χ4v) is 2.67. The Morgan fingerprint density at radius 1 is 1.25 bits per heavy atom. The van der Waals surface area contributed by atoms with Gasteiger partial charge in [0.25, 0.3) is 0 Å². The molecule has 1 saturated carbocycles. The van der Waals surface area contributed by atoms with E-state index in [0.717, 1.165) is 23.0 Å². The smallest absolute Gasteiger partial charge is 0.241 e. The molecule has 2 aromatic rings. The van der Waals surface area contributed by atoms with Crippen molar-refractivity contribution < 1.29 is 4.79 Å². The Morgan fingerprint density at radius 2 is 1.95 bits per heavy atom. The van der Waals surface area contributed by atoms with Gasteiger partial charge in [0.15, 0.2) is 0 Å². The van der Waals surface area contributed by atoms with Crippen LogP contribution in [0.4, 0.5) is 5.69 Å². The molecule has 2 aromatic carbocycles. The van der Waals surface area contributed by atoms with E-state index in [2.05, 4.69) is 45.5 Å². The molecule has 1 N–H and O–H groups in total. The summed E-state index contributed by atoms with van der Waals surface area (Å²) in [6.45, 7) is 0.356. The quantitative estimate of drug-likeness (QED) is 0.927. The summed E-state index contributed by atoms with van der Waals surface area (Å²) in [5, 5.41) is 5.57. The average Bonchev–Trinajstić information content (AvgIpc) is 3.28. The molecule has 3 rings (SSSR count). The Balaban J connectivity index is 1.68. The van der Waals surface area contributed by atoms with Crippen molar-refractivity contribution >= 4 is 38.3 Å². The molecule has 0 aromatic heterocycles. The molecule has 0 heterocycles. The zero-order valence-electron chi connectivity index (χ0n) is 11.4. The Hall–Kier alpha value is -1.55. The zero-order valence-corrected chi connectivity index (χ0v) is 13.0. The summed E-state index contributed by atoms with van der Waals surface area (Å²) in [5.41, 5.74) is 0.984. The number of halogens is 1. The Labute approximate surface area is 127 Å². The number of hydrogen-bond acceptors (Lipinski definition) is 2. The molecule has 3 nitrogen and oxygen atoms in total. The third-order valence-corrected chi connectivity index (χ3v) is 4.23. The van der Waals surface area contributed by atoms with E-state index in [1.165, 1.54) is 10.8 Å². The highest BCUT2D eigenvalue weighted by Crippen LogP contribution is 2.26. The summed E-state index contributed by atoms with van der Waals surface area (Å²) in [7, 11) is 1.89. The first-order chi connectivity index (χ1) is 9.63. The number of nitrogens with zero attached hydrogens (tertiary/aromatic N) is 1. The van der Waals surface area contributed by atoms with Gasteiger partial charge in [-0.2, -0.15) is 0 Å². The van der Waals surface area contributed by atoms with Gasteiger partial charge in [-0.3, -0.25) is 4.79 Å². The minimum atomic E-state index is 0.156. The van der Waals surface area contributed by atoms with E-state index in [1.54, 1.807) is 0 Å². The number of rotatable bonds is 4. The van der Waals surface area contributed by atoms with Gasteiger partial charge in [-0.05, 0) is 47.9 Å². The lowest BCUT2D eigenvalue weighted by Gasteiger charge is -2.17. The van der Waals surface area contributed by atoms with Crippen molar-refractivity contribution in [2.75, 3.05) is 18.9 Å². The average molecular weight is 333 g/mol. The van der Waals surface area contributed by atoms with Crippen LogP contribution in [0.3, 0.4) is 0 Å². The third kappa shape index (κ3) is 2.96. The van der Waals surface area contributed by atoms with Gasteiger partial charge in [-0.1, -0.05) is 28.1 Å². The lowest BCUT2D eigenvalue weighted by molar-refractivity contribution is -0.128. The van der Waals surface area contributed by atoms with E-state index < -0.39 is 0 Å². The number of likely N-dealkylation sites (N-methyl/N-ethyl adjacent to an activating group) is 1. The van der Waals surface area contributed by atoms with E-state index in [4.69, 9.17) is 0 Å². The number of hydrogen-bond donors (Lipinski definition) is 1. The molecule has 0 saturated heterocycles. The van der Waals surface area contributed by atoms with Gasteiger partial charge >= 0.3 is 0 Å². The summed E-state index contributed by atoms with van der Waals surface area (Å²) in [5.74, 6) is 0.156. The van der Waals surface area contributed by atoms with Crippen molar-refractivity contribution in [3.05, 3.63) is 40.9 Å². The van der Waals surface area contributed by atoms with Crippen LogP contribution in [0.1, 0.15) is 12.8 Å². The highest BCUT2D eigenvalue weighted by atomic mass is 79.9. The second-order valence-corrected chi connectivity index (χ2v) is 6.21. The molecule has 104 valence electrons. The first-order valence-corrected chi connectivity index (χ1v) is 7.61. The van der Waals surface area contributed by atoms with Crippen molar-refractivity contribution in [3.63, 3.8) is 0 Å². The monoisotopic (exact) mass is 332 g/mol. The van der Waals surface area contributed by atoms with Crippen LogP contribution in [0.2, 0.25) is 0 Å². The predicted molar refractivity (Wildman–Crippen MR) is 85.9 cm³/mol. The van der Waals surface area contributed by atoms with Crippen molar-refractivity contribution in [2.45, 2.75) is 18.9 Å². The van der Waals surface area contributed by atoms with Crippen LogP contribution >= 0.6 is 15.9 Å². The van der Waals surface area contributed by atoms with Crippen molar-refractivity contribution in [1.82, 2.24) is 4.90 Å². The zero-order chi connectivity index (χ0) is 14.1. The number of benzene rings is 2. The number of carbonyl (C=O) groups is 1. The highest BCUT2D eigenvalue weighted by molar-refractivity contribution is 9.10. The van der Waals surface area contributed by atoms with E-state index in [-0.39, 0.29) is 5.91 Å². The van der Waals surface area contributed by atoms with Gasteiger partial charge in [0.2, 0.25) is 5.91 Å². The van der Waals surface area contributed by atoms with E-state index in [0.29, 0.717) is 12.6 Å². The number of amides is 1. The normalized spacial score (nSPS) is 14.3. The van der Waals surface area contributed by atoms with Crippen LogP contribution in [-0.4, -0.2) is 30.4 Å². The first kappa shape index (κ1) is 13.4. The molecule has 0 bridgehead atoms. The summed E-state index contributed by atoms with van der Waals surface area (Å²) in [6.07, 6.45) is 2.29. The standard InChI is InChI=1S/C16H17BrN2O/c1-19(15-6-7-15)16(20)10-18-14-5-3-11-8-13(17)4-2-12(11)9-14/h2-5,8-9,15,18H,6-7,10H2,1H3. The third-order valence-electron chi connectivity index (χ3n) is 3.73. The maximum Gasteiger partial charge on any atom is 0.241 e. The molecule has 4 heteroatoms. The van der Waals surface area contributed by atoms with Crippen LogP contribution in [0.5, 0.6) is 0 Å². The van der Waals surface area contributed by atoms with Crippen LogP contribution < -0.4 is 5.32 Å². The molecule has 0 spiro atoms. The van der Waals surface area contributed by atoms with Crippen molar-refractivity contribution in [3.8, 4) is 0 Å². The molecular formula is C16H17BrN2O. The Morgan fingerprint density at radius 3 is 2.70 bits per heavy atom. The van der Waals surface area contributed by atoms with E-state index in [1.807, 2.05) is 24.1 Å². The first-order valence-electron chi connectivity index (χ1n) is 6.82. The maximum absolute atomic E-state index is 12.0.